The second kappa shape index (κ2) is 6.07. The summed E-state index contributed by atoms with van der Waals surface area (Å²) in [6.45, 7) is 0.807. The van der Waals surface area contributed by atoms with Gasteiger partial charge < -0.3 is 14.2 Å². The van der Waals surface area contributed by atoms with E-state index in [1.807, 2.05) is 0 Å². The molecule has 0 aliphatic heterocycles. The summed E-state index contributed by atoms with van der Waals surface area (Å²) >= 11 is 5.86. The average Bonchev–Trinajstić information content (AvgIpc) is 3.19. The van der Waals surface area contributed by atoms with E-state index in [1.165, 1.54) is 26.0 Å². The Balaban J connectivity index is 2.01. The molecule has 98 valence electrons. The van der Waals surface area contributed by atoms with Crippen LogP contribution in [0.2, 0.25) is 5.02 Å². The molecule has 0 radical (unpaired) electrons. The van der Waals surface area contributed by atoms with E-state index < -0.39 is 0 Å². The number of methoxy groups -OCH3 is 1. The van der Waals surface area contributed by atoms with E-state index in [4.69, 9.17) is 25.8 Å². The van der Waals surface area contributed by atoms with Gasteiger partial charge in [-0.25, -0.2) is 0 Å². The monoisotopic (exact) mass is 270 g/mol. The Hall–Kier alpha value is -1.26. The van der Waals surface area contributed by atoms with Crippen molar-refractivity contribution < 1.29 is 19.0 Å². The van der Waals surface area contributed by atoms with Crippen LogP contribution in [-0.4, -0.2) is 26.8 Å². The number of halogens is 1. The van der Waals surface area contributed by atoms with E-state index in [-0.39, 0.29) is 6.79 Å². The van der Waals surface area contributed by atoms with Crippen molar-refractivity contribution in [2.45, 2.75) is 12.8 Å². The lowest BCUT2D eigenvalue weighted by atomic mass is 10.2. The topological polar surface area (TPSA) is 44.8 Å². The van der Waals surface area contributed by atoms with Crippen molar-refractivity contribution in [1.29, 1.82) is 0 Å². The van der Waals surface area contributed by atoms with Crippen LogP contribution in [0.4, 0.5) is 0 Å². The Morgan fingerprint density at radius 1 is 1.44 bits per heavy atom. The van der Waals surface area contributed by atoms with Crippen LogP contribution < -0.4 is 9.47 Å². The number of aldehydes is 1. The number of ether oxygens (including phenoxy) is 3. The van der Waals surface area contributed by atoms with Gasteiger partial charge in [-0.2, -0.15) is 0 Å². The Morgan fingerprint density at radius 3 is 2.83 bits per heavy atom. The zero-order valence-electron chi connectivity index (χ0n) is 10.1. The molecular formula is C13H15ClO4. The Kier molecular flexibility index (Phi) is 4.44. The van der Waals surface area contributed by atoms with Crippen LogP contribution >= 0.6 is 11.6 Å². The molecule has 0 spiro atoms. The molecule has 0 atom stereocenters. The standard InChI is InChI=1S/C13H15ClO4/c1-16-12-5-11(14)4-10(6-15)13(12)18-8-17-7-9-2-3-9/h4-6,9H,2-3,7-8H2,1H3. The van der Waals surface area contributed by atoms with E-state index in [2.05, 4.69) is 0 Å². The smallest absolute Gasteiger partial charge is 0.189 e. The second-order valence-corrected chi connectivity index (χ2v) is 4.66. The SMILES string of the molecule is COc1cc(Cl)cc(C=O)c1OCOCC1CC1. The van der Waals surface area contributed by atoms with Gasteiger partial charge in [-0.3, -0.25) is 4.79 Å². The van der Waals surface area contributed by atoms with Gasteiger partial charge in [0, 0.05) is 11.1 Å². The van der Waals surface area contributed by atoms with Crippen molar-refractivity contribution in [3.8, 4) is 11.5 Å². The van der Waals surface area contributed by atoms with E-state index in [0.29, 0.717) is 40.9 Å². The summed E-state index contributed by atoms with van der Waals surface area (Å²) in [5.41, 5.74) is 0.356. The van der Waals surface area contributed by atoms with Crippen molar-refractivity contribution in [3.05, 3.63) is 22.7 Å². The molecule has 0 aromatic heterocycles. The van der Waals surface area contributed by atoms with Crippen molar-refractivity contribution >= 4 is 17.9 Å². The second-order valence-electron chi connectivity index (χ2n) is 4.22. The van der Waals surface area contributed by atoms with Crippen molar-refractivity contribution in [2.75, 3.05) is 20.5 Å². The van der Waals surface area contributed by atoms with Gasteiger partial charge in [0.1, 0.15) is 0 Å². The maximum Gasteiger partial charge on any atom is 0.189 e. The normalized spacial score (nSPS) is 14.3. The summed E-state index contributed by atoms with van der Waals surface area (Å²) in [4.78, 5) is 11.0. The van der Waals surface area contributed by atoms with Gasteiger partial charge in [0.15, 0.2) is 24.6 Å². The molecule has 1 aromatic rings. The predicted octanol–water partition coefficient (Wildman–Crippen LogP) is 2.92. The van der Waals surface area contributed by atoms with Gasteiger partial charge in [-0.1, -0.05) is 11.6 Å². The quantitative estimate of drug-likeness (QED) is 0.434. The van der Waals surface area contributed by atoms with Gasteiger partial charge in [-0.05, 0) is 24.8 Å². The summed E-state index contributed by atoms with van der Waals surface area (Å²) < 4.78 is 15.9. The van der Waals surface area contributed by atoms with Crippen LogP contribution in [0.5, 0.6) is 11.5 Å². The molecule has 0 bridgehead atoms. The summed E-state index contributed by atoms with van der Waals surface area (Å²) in [7, 11) is 1.50. The molecule has 0 amide bonds. The summed E-state index contributed by atoms with van der Waals surface area (Å²) in [5.74, 6) is 1.47. The zero-order valence-corrected chi connectivity index (χ0v) is 10.9. The molecule has 1 aliphatic carbocycles. The molecule has 1 aliphatic rings. The molecule has 0 N–H and O–H groups in total. The van der Waals surface area contributed by atoms with Gasteiger partial charge >= 0.3 is 0 Å². The Bertz CT molecular complexity index is 429. The molecule has 0 saturated heterocycles. The van der Waals surface area contributed by atoms with Gasteiger partial charge in [0.05, 0.1) is 19.3 Å². The first-order valence-electron chi connectivity index (χ1n) is 5.78. The highest BCUT2D eigenvalue weighted by Gasteiger charge is 2.21. The van der Waals surface area contributed by atoms with Crippen LogP contribution in [-0.2, 0) is 4.74 Å². The van der Waals surface area contributed by atoms with Gasteiger partial charge in [0.2, 0.25) is 0 Å². The lowest BCUT2D eigenvalue weighted by Crippen LogP contribution is -2.07. The van der Waals surface area contributed by atoms with Crippen LogP contribution in [0.25, 0.3) is 0 Å². The van der Waals surface area contributed by atoms with E-state index >= 15 is 0 Å². The van der Waals surface area contributed by atoms with Crippen LogP contribution in [0.1, 0.15) is 23.2 Å². The first-order valence-corrected chi connectivity index (χ1v) is 6.15. The fourth-order valence-electron chi connectivity index (χ4n) is 1.58. The van der Waals surface area contributed by atoms with Gasteiger partial charge in [-0.15, -0.1) is 0 Å². The molecule has 1 fully saturated rings. The molecule has 4 nitrogen and oxygen atoms in total. The molecule has 2 rings (SSSR count). The highest BCUT2D eigenvalue weighted by molar-refractivity contribution is 6.31. The number of carbonyl (C=O) groups is 1. The zero-order chi connectivity index (χ0) is 13.0. The third-order valence-electron chi connectivity index (χ3n) is 2.73. The molecule has 1 aromatic carbocycles. The molecule has 0 unspecified atom stereocenters. The maximum atomic E-state index is 11.0. The minimum atomic E-state index is 0.106. The number of hydrogen-bond acceptors (Lipinski definition) is 4. The van der Waals surface area contributed by atoms with Crippen molar-refractivity contribution in [1.82, 2.24) is 0 Å². The Morgan fingerprint density at radius 2 is 2.22 bits per heavy atom. The van der Waals surface area contributed by atoms with Crippen LogP contribution in [0.15, 0.2) is 12.1 Å². The van der Waals surface area contributed by atoms with Crippen LogP contribution in [0, 0.1) is 5.92 Å². The molecule has 0 heterocycles. The third kappa shape index (κ3) is 3.37. The lowest BCUT2D eigenvalue weighted by molar-refractivity contribution is 0.00837. The molecular weight excluding hydrogens is 256 g/mol. The number of benzene rings is 1. The summed E-state index contributed by atoms with van der Waals surface area (Å²) in [6, 6.07) is 3.14. The predicted molar refractivity (Wildman–Crippen MR) is 67.6 cm³/mol. The highest BCUT2D eigenvalue weighted by atomic mass is 35.5. The number of rotatable bonds is 7. The fourth-order valence-corrected chi connectivity index (χ4v) is 1.80. The minimum Gasteiger partial charge on any atom is -0.493 e. The van der Waals surface area contributed by atoms with E-state index in [1.54, 1.807) is 6.07 Å². The fraction of sp³-hybridized carbons (Fsp3) is 0.462. The van der Waals surface area contributed by atoms with Crippen molar-refractivity contribution in [2.24, 2.45) is 5.92 Å². The number of hydrogen-bond donors (Lipinski definition) is 0. The minimum absolute atomic E-state index is 0.106. The largest absolute Gasteiger partial charge is 0.493 e. The van der Waals surface area contributed by atoms with Crippen molar-refractivity contribution in [3.63, 3.8) is 0 Å². The maximum absolute atomic E-state index is 11.0. The highest BCUT2D eigenvalue weighted by Crippen LogP contribution is 2.34. The van der Waals surface area contributed by atoms with Gasteiger partial charge in [0.25, 0.3) is 0 Å². The summed E-state index contributed by atoms with van der Waals surface area (Å²) in [6.07, 6.45) is 3.14. The average molecular weight is 271 g/mol. The first kappa shape index (κ1) is 13.2. The lowest BCUT2D eigenvalue weighted by Gasteiger charge is -2.13. The molecule has 5 heteroatoms. The Labute approximate surface area is 111 Å². The number of carbonyl (C=O) groups excluding carboxylic acids is 1. The third-order valence-corrected chi connectivity index (χ3v) is 2.95. The van der Waals surface area contributed by atoms with Crippen LogP contribution in [0.3, 0.4) is 0 Å². The van der Waals surface area contributed by atoms with E-state index in [9.17, 15) is 4.79 Å². The first-order chi connectivity index (χ1) is 8.74. The molecule has 1 saturated carbocycles. The summed E-state index contributed by atoms with van der Waals surface area (Å²) in [5, 5.41) is 0.431. The van der Waals surface area contributed by atoms with E-state index in [0.717, 1.165) is 0 Å². The molecule has 18 heavy (non-hydrogen) atoms.